The van der Waals surface area contributed by atoms with Crippen LogP contribution in [0.2, 0.25) is 0 Å². The van der Waals surface area contributed by atoms with E-state index in [0.717, 1.165) is 19.1 Å². The Morgan fingerprint density at radius 2 is 2.33 bits per heavy atom. The number of ether oxygens (including phenoxy) is 1. The zero-order chi connectivity index (χ0) is 6.10. The van der Waals surface area contributed by atoms with Crippen LogP contribution in [0.4, 0.5) is 0 Å². The van der Waals surface area contributed by atoms with Gasteiger partial charge in [-0.15, -0.1) is 0 Å². The zero-order valence-electron chi connectivity index (χ0n) is 5.60. The summed E-state index contributed by atoms with van der Waals surface area (Å²) in [5.41, 5.74) is 0. The maximum atomic E-state index is 5.54. The van der Waals surface area contributed by atoms with E-state index >= 15 is 0 Å². The lowest BCUT2D eigenvalue weighted by molar-refractivity contribution is -0.0268. The van der Waals surface area contributed by atoms with Gasteiger partial charge in [-0.05, 0) is 18.8 Å². The van der Waals surface area contributed by atoms with Gasteiger partial charge in [-0.3, -0.25) is 0 Å². The molecule has 0 bridgehead atoms. The second-order valence-corrected chi connectivity index (χ2v) is 2.95. The van der Waals surface area contributed by atoms with E-state index in [1.807, 2.05) is 0 Å². The third-order valence-electron chi connectivity index (χ3n) is 2.37. The van der Waals surface area contributed by atoms with Gasteiger partial charge >= 0.3 is 0 Å². The van der Waals surface area contributed by atoms with Crippen molar-refractivity contribution >= 4 is 0 Å². The molecule has 1 aliphatic carbocycles. The summed E-state index contributed by atoms with van der Waals surface area (Å²) in [6.45, 7) is 3.15. The van der Waals surface area contributed by atoms with Crippen LogP contribution >= 0.6 is 0 Å². The maximum Gasteiger partial charge on any atom is 0.0616 e. The molecule has 0 radical (unpaired) electrons. The van der Waals surface area contributed by atoms with Gasteiger partial charge in [0.2, 0.25) is 0 Å². The van der Waals surface area contributed by atoms with Gasteiger partial charge in [0.25, 0.3) is 0 Å². The van der Waals surface area contributed by atoms with Crippen LogP contribution in [0.15, 0.2) is 0 Å². The Bertz CT molecular complexity index is 93.1. The SMILES string of the molecule is C1COC2CCC2CN1. The van der Waals surface area contributed by atoms with Gasteiger partial charge in [0.15, 0.2) is 0 Å². The fourth-order valence-electron chi connectivity index (χ4n) is 1.56. The van der Waals surface area contributed by atoms with E-state index in [1.165, 1.54) is 19.4 Å². The molecule has 0 aromatic rings. The van der Waals surface area contributed by atoms with Crippen LogP contribution in [0, 0.1) is 5.92 Å². The average Bonchev–Trinajstić information content (AvgIpc) is 1.94. The highest BCUT2D eigenvalue weighted by atomic mass is 16.5. The quantitative estimate of drug-likeness (QED) is 0.508. The van der Waals surface area contributed by atoms with Gasteiger partial charge in [-0.2, -0.15) is 0 Å². The van der Waals surface area contributed by atoms with Crippen LogP contribution in [0.1, 0.15) is 12.8 Å². The van der Waals surface area contributed by atoms with E-state index < -0.39 is 0 Å². The first-order chi connectivity index (χ1) is 4.47. The molecule has 2 aliphatic rings. The van der Waals surface area contributed by atoms with E-state index in [2.05, 4.69) is 5.32 Å². The maximum absolute atomic E-state index is 5.54. The van der Waals surface area contributed by atoms with E-state index in [9.17, 15) is 0 Å². The van der Waals surface area contributed by atoms with E-state index in [1.54, 1.807) is 0 Å². The molecule has 1 N–H and O–H groups in total. The molecule has 1 aliphatic heterocycles. The molecule has 2 atom stereocenters. The summed E-state index contributed by atoms with van der Waals surface area (Å²) in [6, 6.07) is 0. The Labute approximate surface area is 55.6 Å². The molecule has 1 saturated heterocycles. The topological polar surface area (TPSA) is 21.3 Å². The molecule has 1 heterocycles. The predicted octanol–water partition coefficient (Wildman–Crippen LogP) is 0.385. The number of hydrogen-bond donors (Lipinski definition) is 1. The minimum absolute atomic E-state index is 0.611. The summed E-state index contributed by atoms with van der Waals surface area (Å²) < 4.78 is 5.54. The van der Waals surface area contributed by atoms with Crippen molar-refractivity contribution in [2.75, 3.05) is 19.7 Å². The van der Waals surface area contributed by atoms with Crippen LogP contribution in [-0.4, -0.2) is 25.8 Å². The van der Waals surface area contributed by atoms with Gasteiger partial charge in [0, 0.05) is 13.1 Å². The average molecular weight is 127 g/mol. The molecule has 0 spiro atoms. The molecule has 2 rings (SSSR count). The Kier molecular flexibility index (Phi) is 1.44. The summed E-state index contributed by atoms with van der Waals surface area (Å²) in [5, 5.41) is 3.35. The largest absolute Gasteiger partial charge is 0.377 e. The van der Waals surface area contributed by atoms with Gasteiger partial charge in [-0.1, -0.05) is 0 Å². The lowest BCUT2D eigenvalue weighted by Crippen LogP contribution is -2.37. The van der Waals surface area contributed by atoms with Crippen LogP contribution < -0.4 is 5.32 Å². The van der Waals surface area contributed by atoms with E-state index in [0.29, 0.717) is 6.10 Å². The summed E-state index contributed by atoms with van der Waals surface area (Å²) in [4.78, 5) is 0. The summed E-state index contributed by atoms with van der Waals surface area (Å²) in [5.74, 6) is 0.840. The fourth-order valence-corrected chi connectivity index (χ4v) is 1.56. The van der Waals surface area contributed by atoms with Crippen molar-refractivity contribution in [1.82, 2.24) is 5.32 Å². The standard InChI is InChI=1S/C7H13NO/c1-2-7-6(1)5-8-3-4-9-7/h6-8H,1-5H2. The third-order valence-corrected chi connectivity index (χ3v) is 2.37. The first-order valence-corrected chi connectivity index (χ1v) is 3.79. The molecule has 9 heavy (non-hydrogen) atoms. The minimum atomic E-state index is 0.611. The lowest BCUT2D eigenvalue weighted by atomic mass is 9.82. The molecule has 2 nitrogen and oxygen atoms in total. The summed E-state index contributed by atoms with van der Waals surface area (Å²) >= 11 is 0. The van der Waals surface area contributed by atoms with E-state index in [-0.39, 0.29) is 0 Å². The Morgan fingerprint density at radius 3 is 3.11 bits per heavy atom. The third kappa shape index (κ3) is 0.970. The highest BCUT2D eigenvalue weighted by Crippen LogP contribution is 2.30. The molecule has 0 aromatic carbocycles. The second kappa shape index (κ2) is 2.27. The molecule has 1 saturated carbocycles. The van der Waals surface area contributed by atoms with Crippen molar-refractivity contribution in [2.45, 2.75) is 18.9 Å². The number of rotatable bonds is 0. The van der Waals surface area contributed by atoms with Gasteiger partial charge in [0.05, 0.1) is 12.7 Å². The zero-order valence-corrected chi connectivity index (χ0v) is 5.60. The number of hydrogen-bond acceptors (Lipinski definition) is 2. The molecule has 0 amide bonds. The molecule has 2 heteroatoms. The lowest BCUT2D eigenvalue weighted by Gasteiger charge is -2.33. The van der Waals surface area contributed by atoms with Crippen LogP contribution in [0.5, 0.6) is 0 Å². The van der Waals surface area contributed by atoms with E-state index in [4.69, 9.17) is 4.74 Å². The van der Waals surface area contributed by atoms with Crippen LogP contribution in [0.3, 0.4) is 0 Å². The predicted molar refractivity (Wildman–Crippen MR) is 35.3 cm³/mol. The second-order valence-electron chi connectivity index (χ2n) is 2.95. The van der Waals surface area contributed by atoms with Crippen molar-refractivity contribution < 1.29 is 4.74 Å². The van der Waals surface area contributed by atoms with Gasteiger partial charge in [-0.25, -0.2) is 0 Å². The Balaban J connectivity index is 1.90. The van der Waals surface area contributed by atoms with Crippen molar-refractivity contribution in [3.8, 4) is 0 Å². The summed E-state index contributed by atoms with van der Waals surface area (Å²) in [7, 11) is 0. The molecule has 52 valence electrons. The molecule has 2 unspecified atom stereocenters. The summed E-state index contributed by atoms with van der Waals surface area (Å²) in [6.07, 6.45) is 3.28. The molecular weight excluding hydrogens is 114 g/mol. The van der Waals surface area contributed by atoms with Crippen molar-refractivity contribution in [3.05, 3.63) is 0 Å². The number of nitrogens with one attached hydrogen (secondary N) is 1. The fraction of sp³-hybridized carbons (Fsp3) is 1.00. The first kappa shape index (κ1) is 5.69. The normalized spacial score (nSPS) is 42.7. The molecule has 0 aromatic heterocycles. The molecular formula is C7H13NO. The van der Waals surface area contributed by atoms with Gasteiger partial charge < -0.3 is 10.1 Å². The Hall–Kier alpha value is -0.0800. The van der Waals surface area contributed by atoms with Crippen LogP contribution in [0.25, 0.3) is 0 Å². The van der Waals surface area contributed by atoms with Crippen molar-refractivity contribution in [2.24, 2.45) is 5.92 Å². The Morgan fingerprint density at radius 1 is 1.33 bits per heavy atom. The molecule has 2 fully saturated rings. The first-order valence-electron chi connectivity index (χ1n) is 3.79. The minimum Gasteiger partial charge on any atom is -0.377 e. The smallest absolute Gasteiger partial charge is 0.0616 e. The highest BCUT2D eigenvalue weighted by Gasteiger charge is 2.32. The van der Waals surface area contributed by atoms with Crippen molar-refractivity contribution in [1.29, 1.82) is 0 Å². The van der Waals surface area contributed by atoms with Crippen molar-refractivity contribution in [3.63, 3.8) is 0 Å². The highest BCUT2D eigenvalue weighted by molar-refractivity contribution is 4.84. The van der Waals surface area contributed by atoms with Crippen LogP contribution in [-0.2, 0) is 4.74 Å². The monoisotopic (exact) mass is 127 g/mol. The number of fused-ring (bicyclic) bond motifs is 1. The van der Waals surface area contributed by atoms with Gasteiger partial charge in [0.1, 0.15) is 0 Å².